The van der Waals surface area contributed by atoms with Crippen molar-refractivity contribution in [3.63, 3.8) is 0 Å². The number of amides is 2. The van der Waals surface area contributed by atoms with Crippen LogP contribution in [0.2, 0.25) is 0 Å². The molecule has 0 atom stereocenters. The zero-order chi connectivity index (χ0) is 12.0. The smallest absolute Gasteiger partial charge is 0.315 e. The Kier molecular flexibility index (Phi) is 5.60. The molecule has 0 unspecified atom stereocenters. The van der Waals surface area contributed by atoms with Crippen LogP contribution in [0, 0.1) is 5.92 Å². The average Bonchev–Trinajstić information content (AvgIpc) is 2.21. The molecule has 1 saturated carbocycles. The van der Waals surface area contributed by atoms with Gasteiger partial charge < -0.3 is 15.7 Å². The Balaban J connectivity index is 2.09. The Morgan fingerprint density at radius 2 is 1.94 bits per heavy atom. The third-order valence-corrected chi connectivity index (χ3v) is 3.04. The van der Waals surface area contributed by atoms with Crippen molar-refractivity contribution >= 4 is 6.03 Å². The van der Waals surface area contributed by atoms with Gasteiger partial charge in [-0.3, -0.25) is 0 Å². The lowest BCUT2D eigenvalue weighted by Crippen LogP contribution is -2.44. The van der Waals surface area contributed by atoms with E-state index in [-0.39, 0.29) is 18.2 Å². The monoisotopic (exact) mass is 228 g/mol. The molecule has 1 fully saturated rings. The average molecular weight is 228 g/mol. The number of carbonyl (C=O) groups excluding carboxylic acids is 1. The van der Waals surface area contributed by atoms with Gasteiger partial charge in [-0.05, 0) is 38.0 Å². The molecule has 1 aliphatic carbocycles. The molecule has 4 heteroatoms. The summed E-state index contributed by atoms with van der Waals surface area (Å²) in [5.41, 5.74) is 0. The fourth-order valence-corrected chi connectivity index (χ4v) is 1.93. The maximum atomic E-state index is 11.5. The van der Waals surface area contributed by atoms with Crippen molar-refractivity contribution < 1.29 is 9.90 Å². The van der Waals surface area contributed by atoms with Gasteiger partial charge in [0.2, 0.25) is 0 Å². The van der Waals surface area contributed by atoms with Gasteiger partial charge in [-0.15, -0.1) is 0 Å². The predicted octanol–water partition coefficient (Wildman–Crippen LogP) is 1.64. The molecule has 0 aromatic heterocycles. The Bertz CT molecular complexity index is 211. The van der Waals surface area contributed by atoms with Gasteiger partial charge in [0, 0.05) is 12.6 Å². The van der Waals surface area contributed by atoms with Crippen molar-refractivity contribution in [3.05, 3.63) is 0 Å². The molecular weight excluding hydrogens is 204 g/mol. The Morgan fingerprint density at radius 3 is 2.50 bits per heavy atom. The van der Waals surface area contributed by atoms with Crippen LogP contribution in [0.25, 0.3) is 0 Å². The van der Waals surface area contributed by atoms with Crippen LogP contribution in [0.4, 0.5) is 4.79 Å². The quantitative estimate of drug-likeness (QED) is 0.685. The lowest BCUT2D eigenvalue weighted by molar-refractivity contribution is 0.117. The standard InChI is InChI=1S/C12H24N2O2/c1-9(2)7-8-13-12(16)14-10-3-5-11(15)6-4-10/h9-11,15H,3-8H2,1-2H3,(H2,13,14,16). The van der Waals surface area contributed by atoms with Crippen LogP contribution in [-0.4, -0.2) is 29.8 Å². The Labute approximate surface area is 97.8 Å². The molecular formula is C12H24N2O2. The maximum absolute atomic E-state index is 11.5. The van der Waals surface area contributed by atoms with Crippen LogP contribution in [0.3, 0.4) is 0 Å². The van der Waals surface area contributed by atoms with Crippen molar-refractivity contribution in [2.24, 2.45) is 5.92 Å². The van der Waals surface area contributed by atoms with Crippen molar-refractivity contribution in [1.29, 1.82) is 0 Å². The highest BCUT2D eigenvalue weighted by Gasteiger charge is 2.20. The Morgan fingerprint density at radius 1 is 1.31 bits per heavy atom. The molecule has 16 heavy (non-hydrogen) atoms. The topological polar surface area (TPSA) is 61.4 Å². The van der Waals surface area contributed by atoms with Crippen molar-refractivity contribution in [2.75, 3.05) is 6.54 Å². The van der Waals surface area contributed by atoms with E-state index in [0.717, 1.165) is 38.6 Å². The minimum absolute atomic E-state index is 0.0676. The van der Waals surface area contributed by atoms with E-state index in [0.29, 0.717) is 5.92 Å². The summed E-state index contributed by atoms with van der Waals surface area (Å²) in [5.74, 6) is 0.616. The fourth-order valence-electron chi connectivity index (χ4n) is 1.93. The zero-order valence-corrected chi connectivity index (χ0v) is 10.3. The number of nitrogens with one attached hydrogen (secondary N) is 2. The highest BCUT2D eigenvalue weighted by atomic mass is 16.3. The predicted molar refractivity (Wildman–Crippen MR) is 64.3 cm³/mol. The third-order valence-electron chi connectivity index (χ3n) is 3.04. The highest BCUT2D eigenvalue weighted by Crippen LogP contribution is 2.17. The summed E-state index contributed by atoms with van der Waals surface area (Å²) in [5, 5.41) is 15.1. The highest BCUT2D eigenvalue weighted by molar-refractivity contribution is 5.74. The molecule has 0 aliphatic heterocycles. The molecule has 1 aliphatic rings. The van der Waals surface area contributed by atoms with Gasteiger partial charge in [0.15, 0.2) is 0 Å². The van der Waals surface area contributed by atoms with E-state index in [9.17, 15) is 9.90 Å². The van der Waals surface area contributed by atoms with Crippen LogP contribution in [0.15, 0.2) is 0 Å². The second-order valence-corrected chi connectivity index (χ2v) is 5.09. The van der Waals surface area contributed by atoms with Crippen molar-refractivity contribution in [3.8, 4) is 0 Å². The van der Waals surface area contributed by atoms with E-state index in [4.69, 9.17) is 0 Å². The van der Waals surface area contributed by atoms with Crippen molar-refractivity contribution in [2.45, 2.75) is 58.1 Å². The van der Waals surface area contributed by atoms with Crippen LogP contribution in [-0.2, 0) is 0 Å². The minimum atomic E-state index is -0.165. The first kappa shape index (κ1) is 13.3. The summed E-state index contributed by atoms with van der Waals surface area (Å²) in [4.78, 5) is 11.5. The van der Waals surface area contributed by atoms with Gasteiger partial charge >= 0.3 is 6.03 Å². The van der Waals surface area contributed by atoms with Crippen LogP contribution < -0.4 is 10.6 Å². The normalized spacial score (nSPS) is 25.5. The largest absolute Gasteiger partial charge is 0.393 e. The van der Waals surface area contributed by atoms with Crippen molar-refractivity contribution in [1.82, 2.24) is 10.6 Å². The lowest BCUT2D eigenvalue weighted by atomic mass is 9.93. The number of rotatable bonds is 4. The molecule has 4 nitrogen and oxygen atoms in total. The van der Waals surface area contributed by atoms with E-state index in [1.54, 1.807) is 0 Å². The van der Waals surface area contributed by atoms with E-state index in [1.807, 2.05) is 0 Å². The van der Waals surface area contributed by atoms with Gasteiger partial charge in [0.05, 0.1) is 6.10 Å². The number of hydrogen-bond acceptors (Lipinski definition) is 2. The number of aliphatic hydroxyl groups excluding tert-OH is 1. The van der Waals surface area contributed by atoms with Gasteiger partial charge in [-0.25, -0.2) is 4.79 Å². The van der Waals surface area contributed by atoms with E-state index in [1.165, 1.54) is 0 Å². The maximum Gasteiger partial charge on any atom is 0.315 e. The van der Waals surface area contributed by atoms with Gasteiger partial charge in [0.1, 0.15) is 0 Å². The summed E-state index contributed by atoms with van der Waals surface area (Å²) in [6.07, 6.45) is 4.23. The summed E-state index contributed by atoms with van der Waals surface area (Å²) in [7, 11) is 0. The molecule has 0 bridgehead atoms. The number of aliphatic hydroxyl groups is 1. The summed E-state index contributed by atoms with van der Waals surface area (Å²) >= 11 is 0. The molecule has 0 aromatic rings. The van der Waals surface area contributed by atoms with E-state index < -0.39 is 0 Å². The second kappa shape index (κ2) is 6.74. The first-order valence-corrected chi connectivity index (χ1v) is 6.30. The van der Waals surface area contributed by atoms with Gasteiger partial charge in [0.25, 0.3) is 0 Å². The van der Waals surface area contributed by atoms with Crippen LogP contribution in [0.1, 0.15) is 46.0 Å². The molecule has 0 spiro atoms. The molecule has 1 rings (SSSR count). The lowest BCUT2D eigenvalue weighted by Gasteiger charge is -2.26. The second-order valence-electron chi connectivity index (χ2n) is 5.09. The summed E-state index contributed by atoms with van der Waals surface area (Å²) in [6.45, 7) is 5.02. The van der Waals surface area contributed by atoms with Crippen LogP contribution >= 0.6 is 0 Å². The number of carbonyl (C=O) groups is 1. The number of urea groups is 1. The molecule has 94 valence electrons. The minimum Gasteiger partial charge on any atom is -0.393 e. The fraction of sp³-hybridized carbons (Fsp3) is 0.917. The summed E-state index contributed by atoms with van der Waals surface area (Å²) < 4.78 is 0. The first-order valence-electron chi connectivity index (χ1n) is 6.30. The Hall–Kier alpha value is -0.770. The van der Waals surface area contributed by atoms with Gasteiger partial charge in [-0.1, -0.05) is 13.8 Å². The van der Waals surface area contributed by atoms with E-state index >= 15 is 0 Å². The summed E-state index contributed by atoms with van der Waals surface area (Å²) in [6, 6.07) is 0.171. The molecule has 2 amide bonds. The van der Waals surface area contributed by atoms with E-state index in [2.05, 4.69) is 24.5 Å². The molecule has 0 aromatic carbocycles. The third kappa shape index (κ3) is 5.35. The zero-order valence-electron chi connectivity index (χ0n) is 10.3. The first-order chi connectivity index (χ1) is 7.58. The molecule has 0 heterocycles. The molecule has 0 radical (unpaired) electrons. The van der Waals surface area contributed by atoms with Gasteiger partial charge in [-0.2, -0.15) is 0 Å². The van der Waals surface area contributed by atoms with Crippen LogP contribution in [0.5, 0.6) is 0 Å². The molecule has 3 N–H and O–H groups in total. The SMILES string of the molecule is CC(C)CCNC(=O)NC1CCC(O)CC1. The molecule has 0 saturated heterocycles. The number of hydrogen-bond donors (Lipinski definition) is 3.